The Morgan fingerprint density at radius 1 is 1.24 bits per heavy atom. The van der Waals surface area contributed by atoms with Crippen molar-refractivity contribution < 1.29 is 14.1 Å². The Kier molecular flexibility index (Phi) is 5.11. The zero-order chi connectivity index (χ0) is 17.9. The fourth-order valence-corrected chi connectivity index (χ4v) is 3.28. The number of carbonyl (C=O) groups is 1. The monoisotopic (exact) mass is 342 g/mol. The molecule has 0 radical (unpaired) electrons. The van der Waals surface area contributed by atoms with Crippen LogP contribution in [0.4, 0.5) is 0 Å². The molecule has 0 spiro atoms. The molecule has 0 unspecified atom stereocenters. The highest BCUT2D eigenvalue weighted by Crippen LogP contribution is 2.50. The third kappa shape index (κ3) is 3.41. The summed E-state index contributed by atoms with van der Waals surface area (Å²) in [6.45, 7) is 5.81. The maximum Gasteiger partial charge on any atom is 0.234 e. The van der Waals surface area contributed by atoms with Gasteiger partial charge in [0.2, 0.25) is 5.91 Å². The summed E-state index contributed by atoms with van der Waals surface area (Å²) < 4.78 is 10.8. The van der Waals surface area contributed by atoms with Gasteiger partial charge in [-0.2, -0.15) is 0 Å². The first-order valence-electron chi connectivity index (χ1n) is 9.05. The van der Waals surface area contributed by atoms with Gasteiger partial charge in [-0.25, -0.2) is 0 Å². The van der Waals surface area contributed by atoms with Gasteiger partial charge in [-0.3, -0.25) is 4.79 Å². The Bertz CT molecular complexity index is 728. The average molecular weight is 342 g/mol. The molecule has 1 aliphatic rings. The predicted molar refractivity (Wildman–Crippen MR) is 96.6 cm³/mol. The Labute approximate surface area is 148 Å². The Balaban J connectivity index is 1.84. The van der Waals surface area contributed by atoms with Crippen LogP contribution < -0.4 is 4.74 Å². The minimum atomic E-state index is -0.481. The summed E-state index contributed by atoms with van der Waals surface area (Å²) in [6, 6.07) is 9.58. The van der Waals surface area contributed by atoms with Gasteiger partial charge in [0.25, 0.3) is 0 Å². The average Bonchev–Trinajstić information content (AvgIpc) is 3.30. The highest BCUT2D eigenvalue weighted by atomic mass is 16.5. The summed E-state index contributed by atoms with van der Waals surface area (Å²) in [5.74, 6) is 1.64. The molecule has 1 heterocycles. The first-order valence-corrected chi connectivity index (χ1v) is 9.05. The minimum Gasteiger partial charge on any atom is -0.497 e. The molecule has 0 atom stereocenters. The van der Waals surface area contributed by atoms with E-state index in [4.69, 9.17) is 9.26 Å². The Morgan fingerprint density at radius 3 is 2.56 bits per heavy atom. The number of methoxy groups -OCH3 is 1. The Morgan fingerprint density at radius 2 is 1.96 bits per heavy atom. The summed E-state index contributed by atoms with van der Waals surface area (Å²) in [7, 11) is 1.64. The van der Waals surface area contributed by atoms with E-state index in [2.05, 4.69) is 19.0 Å². The lowest BCUT2D eigenvalue weighted by Gasteiger charge is -2.25. The zero-order valence-corrected chi connectivity index (χ0v) is 15.2. The number of amides is 1. The fraction of sp³-hybridized carbons (Fsp3) is 0.500. The van der Waals surface area contributed by atoms with E-state index in [0.29, 0.717) is 5.76 Å². The van der Waals surface area contributed by atoms with Crippen molar-refractivity contribution >= 4 is 5.91 Å². The maximum absolute atomic E-state index is 13.1. The van der Waals surface area contributed by atoms with Crippen LogP contribution in [0.2, 0.25) is 0 Å². The van der Waals surface area contributed by atoms with Gasteiger partial charge in [-0.1, -0.05) is 31.1 Å². The molecule has 1 aromatic heterocycles. The van der Waals surface area contributed by atoms with Crippen LogP contribution in [0, 0.1) is 0 Å². The van der Waals surface area contributed by atoms with Gasteiger partial charge < -0.3 is 14.2 Å². The van der Waals surface area contributed by atoms with Gasteiger partial charge in [0.1, 0.15) is 5.75 Å². The molecular weight excluding hydrogens is 316 g/mol. The fourth-order valence-electron chi connectivity index (χ4n) is 3.28. The van der Waals surface area contributed by atoms with Crippen molar-refractivity contribution in [2.75, 3.05) is 20.2 Å². The van der Waals surface area contributed by atoms with E-state index in [1.54, 1.807) is 7.11 Å². The van der Waals surface area contributed by atoms with Crippen LogP contribution in [0.3, 0.4) is 0 Å². The third-order valence-electron chi connectivity index (χ3n) is 4.79. The molecule has 1 saturated carbocycles. The molecule has 2 aromatic rings. The molecule has 5 nitrogen and oxygen atoms in total. The molecule has 3 rings (SSSR count). The summed E-state index contributed by atoms with van der Waals surface area (Å²) >= 11 is 0. The highest BCUT2D eigenvalue weighted by molar-refractivity contribution is 5.91. The maximum atomic E-state index is 13.1. The Hall–Kier alpha value is -2.30. The molecule has 1 fully saturated rings. The summed E-state index contributed by atoms with van der Waals surface area (Å²) in [5, 5.41) is 4.24. The van der Waals surface area contributed by atoms with E-state index in [-0.39, 0.29) is 5.91 Å². The number of aromatic nitrogens is 1. The second-order valence-electron chi connectivity index (χ2n) is 6.68. The van der Waals surface area contributed by atoms with Crippen molar-refractivity contribution in [1.29, 1.82) is 0 Å². The first kappa shape index (κ1) is 17.5. The van der Waals surface area contributed by atoms with E-state index in [1.807, 2.05) is 35.2 Å². The molecule has 1 amide bonds. The molecule has 0 saturated heterocycles. The summed E-state index contributed by atoms with van der Waals surface area (Å²) in [4.78, 5) is 15.1. The molecule has 0 bridgehead atoms. The largest absolute Gasteiger partial charge is 0.497 e. The second-order valence-corrected chi connectivity index (χ2v) is 6.68. The van der Waals surface area contributed by atoms with Crippen molar-refractivity contribution in [3.8, 4) is 17.1 Å². The molecular formula is C20H26N2O3. The second kappa shape index (κ2) is 7.30. The van der Waals surface area contributed by atoms with E-state index in [0.717, 1.165) is 55.8 Å². The smallest absolute Gasteiger partial charge is 0.234 e. The number of rotatable bonds is 8. The number of ether oxygens (including phenoxy) is 1. The van der Waals surface area contributed by atoms with Crippen molar-refractivity contribution in [1.82, 2.24) is 10.1 Å². The van der Waals surface area contributed by atoms with Crippen LogP contribution >= 0.6 is 0 Å². The van der Waals surface area contributed by atoms with Crippen LogP contribution in [-0.2, 0) is 10.2 Å². The van der Waals surface area contributed by atoms with Gasteiger partial charge in [-0.15, -0.1) is 0 Å². The molecule has 0 aliphatic heterocycles. The van der Waals surface area contributed by atoms with Gasteiger partial charge in [0.05, 0.1) is 18.2 Å². The van der Waals surface area contributed by atoms with Crippen molar-refractivity contribution in [3.05, 3.63) is 36.0 Å². The van der Waals surface area contributed by atoms with Crippen molar-refractivity contribution in [3.63, 3.8) is 0 Å². The molecule has 5 heteroatoms. The van der Waals surface area contributed by atoms with Crippen LogP contribution in [0.5, 0.6) is 5.75 Å². The number of nitrogens with zero attached hydrogens (tertiary/aromatic N) is 2. The van der Waals surface area contributed by atoms with Gasteiger partial charge in [0.15, 0.2) is 5.76 Å². The lowest BCUT2D eigenvalue weighted by atomic mass is 9.99. The van der Waals surface area contributed by atoms with Crippen LogP contribution in [-0.4, -0.2) is 36.2 Å². The first-order chi connectivity index (χ1) is 12.1. The predicted octanol–water partition coefficient (Wildman–Crippen LogP) is 4.03. The molecule has 0 N–H and O–H groups in total. The van der Waals surface area contributed by atoms with Crippen LogP contribution in [0.15, 0.2) is 34.9 Å². The topological polar surface area (TPSA) is 55.6 Å². The van der Waals surface area contributed by atoms with Gasteiger partial charge in [-0.05, 0) is 37.8 Å². The molecule has 1 aliphatic carbocycles. The zero-order valence-electron chi connectivity index (χ0n) is 15.2. The lowest BCUT2D eigenvalue weighted by Crippen LogP contribution is -2.40. The van der Waals surface area contributed by atoms with Gasteiger partial charge in [0, 0.05) is 24.7 Å². The SMILES string of the molecule is CCCN(CCC)C(=O)C1(c2cc(-c3cccc(OC)c3)on2)CC1. The molecule has 25 heavy (non-hydrogen) atoms. The van der Waals surface area contributed by atoms with E-state index in [1.165, 1.54) is 0 Å². The van der Waals surface area contributed by atoms with E-state index >= 15 is 0 Å². The standard InChI is InChI=1S/C20H26N2O3/c1-4-11-22(12-5-2)19(23)20(9-10-20)18-14-17(25-21-18)15-7-6-8-16(13-15)24-3/h6-8,13-14H,4-5,9-12H2,1-3H3. The third-order valence-corrected chi connectivity index (χ3v) is 4.79. The van der Waals surface area contributed by atoms with E-state index in [9.17, 15) is 4.79 Å². The van der Waals surface area contributed by atoms with Crippen molar-refractivity contribution in [2.24, 2.45) is 0 Å². The minimum absolute atomic E-state index is 0.196. The van der Waals surface area contributed by atoms with E-state index < -0.39 is 5.41 Å². The highest BCUT2D eigenvalue weighted by Gasteiger charge is 2.55. The van der Waals surface area contributed by atoms with Crippen LogP contribution in [0.25, 0.3) is 11.3 Å². The van der Waals surface area contributed by atoms with Crippen LogP contribution in [0.1, 0.15) is 45.2 Å². The normalized spacial score (nSPS) is 15.0. The number of hydrogen-bond acceptors (Lipinski definition) is 4. The lowest BCUT2D eigenvalue weighted by molar-refractivity contribution is -0.134. The number of hydrogen-bond donors (Lipinski definition) is 0. The number of benzene rings is 1. The summed E-state index contributed by atoms with van der Waals surface area (Å²) in [5.41, 5.74) is 1.18. The summed E-state index contributed by atoms with van der Waals surface area (Å²) in [6.07, 6.45) is 3.63. The number of carbonyl (C=O) groups excluding carboxylic acids is 1. The van der Waals surface area contributed by atoms with Gasteiger partial charge >= 0.3 is 0 Å². The molecule has 1 aromatic carbocycles. The quantitative estimate of drug-likeness (QED) is 0.727. The molecule has 134 valence electrons. The van der Waals surface area contributed by atoms with Crippen molar-refractivity contribution in [2.45, 2.75) is 44.9 Å².